The number of carbonyl (C=O) groups is 1. The van der Waals surface area contributed by atoms with Crippen molar-refractivity contribution < 1.29 is 18.0 Å². The first kappa shape index (κ1) is 19.9. The number of hydrogen-bond acceptors (Lipinski definition) is 4. The van der Waals surface area contributed by atoms with Crippen LogP contribution in [-0.2, 0) is 0 Å². The third-order valence-corrected chi connectivity index (χ3v) is 4.97. The number of hydrogen-bond donors (Lipinski definition) is 1. The Hall–Kier alpha value is -2.86. The van der Waals surface area contributed by atoms with Gasteiger partial charge in [0.25, 0.3) is 0 Å². The van der Waals surface area contributed by atoms with Crippen LogP contribution in [0, 0.1) is 11.3 Å². The van der Waals surface area contributed by atoms with Gasteiger partial charge >= 0.3 is 11.5 Å². The van der Waals surface area contributed by atoms with Crippen molar-refractivity contribution in [2.75, 3.05) is 36.4 Å². The van der Waals surface area contributed by atoms with Gasteiger partial charge in [0.2, 0.25) is 0 Å². The molecule has 9 heteroatoms. The first-order valence-electron chi connectivity index (χ1n) is 8.51. The number of piperazine rings is 1. The predicted molar refractivity (Wildman–Crippen MR) is 102 cm³/mol. The molecule has 1 N–H and O–H groups in total. The second kappa shape index (κ2) is 8.44. The number of thioether (sulfide) groups is 1. The summed E-state index contributed by atoms with van der Waals surface area (Å²) in [6.07, 6.45) is 0. The molecular weight excluding hydrogens is 389 g/mol. The Labute approximate surface area is 164 Å². The van der Waals surface area contributed by atoms with Crippen molar-refractivity contribution in [3.05, 3.63) is 54.1 Å². The zero-order valence-corrected chi connectivity index (χ0v) is 15.6. The van der Waals surface area contributed by atoms with Gasteiger partial charge in [-0.05, 0) is 54.2 Å². The smallest absolute Gasteiger partial charge is 0.368 e. The molecule has 0 saturated carbocycles. The highest BCUT2D eigenvalue weighted by Crippen LogP contribution is 2.37. The molecule has 0 unspecified atom stereocenters. The molecule has 1 saturated heterocycles. The zero-order chi connectivity index (χ0) is 20.1. The van der Waals surface area contributed by atoms with Gasteiger partial charge in [-0.2, -0.15) is 18.4 Å². The van der Waals surface area contributed by atoms with Crippen LogP contribution in [0.4, 0.5) is 29.3 Å². The molecule has 0 radical (unpaired) electrons. The summed E-state index contributed by atoms with van der Waals surface area (Å²) in [5.74, 6) is 0. The van der Waals surface area contributed by atoms with E-state index in [1.165, 1.54) is 18.2 Å². The highest BCUT2D eigenvalue weighted by molar-refractivity contribution is 8.00. The van der Waals surface area contributed by atoms with Crippen molar-refractivity contribution in [3.8, 4) is 6.07 Å². The summed E-state index contributed by atoms with van der Waals surface area (Å²) in [7, 11) is 0. The summed E-state index contributed by atoms with van der Waals surface area (Å²) >= 11 is -0.214. The minimum Gasteiger partial charge on any atom is -0.368 e. The molecule has 1 fully saturated rings. The van der Waals surface area contributed by atoms with Crippen molar-refractivity contribution >= 4 is 29.2 Å². The SMILES string of the molecule is N#Cc1ccc(N2CCN(C(=O)Nc3cccc(SC(F)(F)F)c3)CC2)cc1. The van der Waals surface area contributed by atoms with Crippen LogP contribution >= 0.6 is 11.8 Å². The van der Waals surface area contributed by atoms with Crippen LogP contribution in [0.1, 0.15) is 5.56 Å². The Kier molecular flexibility index (Phi) is 5.99. The lowest BCUT2D eigenvalue weighted by Crippen LogP contribution is -2.50. The number of alkyl halides is 3. The minimum absolute atomic E-state index is 0.0240. The monoisotopic (exact) mass is 406 g/mol. The fourth-order valence-electron chi connectivity index (χ4n) is 2.89. The van der Waals surface area contributed by atoms with Crippen molar-refractivity contribution in [1.82, 2.24) is 4.90 Å². The highest BCUT2D eigenvalue weighted by Gasteiger charge is 2.29. The highest BCUT2D eigenvalue weighted by atomic mass is 32.2. The molecule has 0 bridgehead atoms. The molecule has 0 aliphatic carbocycles. The summed E-state index contributed by atoms with van der Waals surface area (Å²) in [4.78, 5) is 16.2. The summed E-state index contributed by atoms with van der Waals surface area (Å²) < 4.78 is 37.5. The molecular formula is C19H17F3N4OS. The van der Waals surface area contributed by atoms with E-state index in [0.717, 1.165) is 5.69 Å². The Morgan fingerprint density at radius 1 is 1.07 bits per heavy atom. The number of nitriles is 1. The summed E-state index contributed by atoms with van der Waals surface area (Å²) in [5, 5.41) is 11.5. The lowest BCUT2D eigenvalue weighted by Gasteiger charge is -2.36. The molecule has 0 spiro atoms. The van der Waals surface area contributed by atoms with Crippen LogP contribution in [0.3, 0.4) is 0 Å². The molecule has 2 aromatic carbocycles. The van der Waals surface area contributed by atoms with Gasteiger partial charge in [-0.3, -0.25) is 0 Å². The van der Waals surface area contributed by atoms with Crippen LogP contribution in [0.2, 0.25) is 0 Å². The number of halogens is 3. The van der Waals surface area contributed by atoms with Crippen molar-refractivity contribution in [3.63, 3.8) is 0 Å². The average molecular weight is 406 g/mol. The van der Waals surface area contributed by atoms with Gasteiger partial charge in [-0.25, -0.2) is 4.79 Å². The number of nitrogens with zero attached hydrogens (tertiary/aromatic N) is 3. The van der Waals surface area contributed by atoms with Gasteiger partial charge in [0.15, 0.2) is 0 Å². The first-order valence-corrected chi connectivity index (χ1v) is 9.32. The molecule has 1 aliphatic rings. The van der Waals surface area contributed by atoms with Crippen molar-refractivity contribution in [2.24, 2.45) is 0 Å². The van der Waals surface area contributed by atoms with Crippen molar-refractivity contribution in [1.29, 1.82) is 5.26 Å². The molecule has 2 amide bonds. The lowest BCUT2D eigenvalue weighted by molar-refractivity contribution is -0.0328. The maximum Gasteiger partial charge on any atom is 0.446 e. The third kappa shape index (κ3) is 5.33. The van der Waals surface area contributed by atoms with Crippen LogP contribution in [-0.4, -0.2) is 42.6 Å². The molecule has 0 atom stereocenters. The van der Waals surface area contributed by atoms with Crippen LogP contribution in [0.25, 0.3) is 0 Å². The van der Waals surface area contributed by atoms with Gasteiger partial charge in [-0.15, -0.1) is 0 Å². The van der Waals surface area contributed by atoms with Crippen LogP contribution < -0.4 is 10.2 Å². The van der Waals surface area contributed by atoms with E-state index in [2.05, 4.69) is 16.3 Å². The van der Waals surface area contributed by atoms with Crippen LogP contribution in [0.15, 0.2) is 53.4 Å². The van der Waals surface area contributed by atoms with E-state index in [1.807, 2.05) is 12.1 Å². The number of urea groups is 1. The number of anilines is 2. The largest absolute Gasteiger partial charge is 0.446 e. The minimum atomic E-state index is -4.37. The van der Waals surface area contributed by atoms with Crippen molar-refractivity contribution in [2.45, 2.75) is 10.4 Å². The van der Waals surface area contributed by atoms with Gasteiger partial charge in [0.1, 0.15) is 0 Å². The maximum atomic E-state index is 12.5. The van der Waals surface area contributed by atoms with Crippen LogP contribution in [0.5, 0.6) is 0 Å². The second-order valence-electron chi connectivity index (χ2n) is 6.14. The lowest BCUT2D eigenvalue weighted by atomic mass is 10.2. The van der Waals surface area contributed by atoms with E-state index in [9.17, 15) is 18.0 Å². The maximum absolute atomic E-state index is 12.5. The van der Waals surface area contributed by atoms with E-state index in [4.69, 9.17) is 5.26 Å². The molecule has 28 heavy (non-hydrogen) atoms. The standard InChI is InChI=1S/C19H17F3N4OS/c20-19(21,22)28-17-3-1-2-15(12-17)24-18(27)26-10-8-25(9-11-26)16-6-4-14(13-23)5-7-16/h1-7,12H,8-11H2,(H,24,27). The normalized spacial score (nSPS) is 14.5. The number of amides is 2. The number of rotatable bonds is 3. The van der Waals surface area contributed by atoms with E-state index >= 15 is 0 Å². The van der Waals surface area contributed by atoms with Gasteiger partial charge in [0.05, 0.1) is 11.6 Å². The topological polar surface area (TPSA) is 59.4 Å². The second-order valence-corrected chi connectivity index (χ2v) is 7.28. The fraction of sp³-hybridized carbons (Fsp3) is 0.263. The summed E-state index contributed by atoms with van der Waals surface area (Å²) in [6.45, 7) is 2.23. The molecule has 3 rings (SSSR count). The Morgan fingerprint density at radius 2 is 1.75 bits per heavy atom. The van der Waals surface area contributed by atoms with E-state index in [0.29, 0.717) is 37.4 Å². The molecule has 1 heterocycles. The van der Waals surface area contributed by atoms with Gasteiger partial charge in [0, 0.05) is 42.4 Å². The summed E-state index contributed by atoms with van der Waals surface area (Å²) in [6, 6.07) is 14.7. The number of nitrogens with one attached hydrogen (secondary N) is 1. The molecule has 0 aromatic heterocycles. The molecule has 2 aromatic rings. The van der Waals surface area contributed by atoms with E-state index in [-0.39, 0.29) is 22.7 Å². The first-order chi connectivity index (χ1) is 13.3. The molecule has 146 valence electrons. The number of benzene rings is 2. The van der Waals surface area contributed by atoms with E-state index < -0.39 is 5.51 Å². The average Bonchev–Trinajstić information content (AvgIpc) is 2.67. The van der Waals surface area contributed by atoms with E-state index in [1.54, 1.807) is 23.1 Å². The summed E-state index contributed by atoms with van der Waals surface area (Å²) in [5.41, 5.74) is -2.47. The quantitative estimate of drug-likeness (QED) is 0.762. The number of carbonyl (C=O) groups excluding carboxylic acids is 1. The fourth-order valence-corrected chi connectivity index (χ4v) is 3.49. The molecule has 5 nitrogen and oxygen atoms in total. The predicted octanol–water partition coefficient (Wildman–Crippen LogP) is 4.52. The third-order valence-electron chi connectivity index (χ3n) is 4.25. The zero-order valence-electron chi connectivity index (χ0n) is 14.7. The van der Waals surface area contributed by atoms with Gasteiger partial charge in [-0.1, -0.05) is 6.07 Å². The Balaban J connectivity index is 1.55. The Bertz CT molecular complexity index is 872. The Morgan fingerprint density at radius 3 is 2.36 bits per heavy atom. The molecule has 1 aliphatic heterocycles. The van der Waals surface area contributed by atoms with Gasteiger partial charge < -0.3 is 15.1 Å².